The topological polar surface area (TPSA) is 70.1 Å². The van der Waals surface area contributed by atoms with Gasteiger partial charge in [-0.1, -0.05) is 30.3 Å². The number of pyridine rings is 1. The van der Waals surface area contributed by atoms with E-state index >= 15 is 0 Å². The highest BCUT2D eigenvalue weighted by Crippen LogP contribution is 2.41. The maximum atomic E-state index is 12.8. The van der Waals surface area contributed by atoms with E-state index in [0.29, 0.717) is 12.4 Å². The molecule has 2 amide bonds. The Morgan fingerprint density at radius 3 is 2.96 bits per heavy atom. The van der Waals surface area contributed by atoms with Crippen molar-refractivity contribution in [3.05, 3.63) is 65.9 Å². The van der Waals surface area contributed by atoms with Gasteiger partial charge in [0.05, 0.1) is 12.8 Å². The highest BCUT2D eigenvalue weighted by molar-refractivity contribution is 5.94. The van der Waals surface area contributed by atoms with Gasteiger partial charge in [-0.3, -0.25) is 0 Å². The molecule has 1 unspecified atom stereocenters. The Morgan fingerprint density at radius 1 is 1.28 bits per heavy atom. The molecule has 0 aliphatic carbocycles. The van der Waals surface area contributed by atoms with Crippen LogP contribution in [0.15, 0.2) is 59.8 Å². The number of methoxy groups -OCH3 is 1. The number of carbonyl (C=O) groups is 1. The number of anilines is 1. The number of para-hydroxylation sites is 1. The summed E-state index contributed by atoms with van der Waals surface area (Å²) in [6.45, 7) is 0.368. The van der Waals surface area contributed by atoms with Crippen LogP contribution in [0.25, 0.3) is 0 Å². The van der Waals surface area contributed by atoms with Crippen molar-refractivity contribution in [1.82, 2.24) is 15.4 Å². The van der Waals surface area contributed by atoms with E-state index in [2.05, 4.69) is 15.4 Å². The molecular formula is C18H17N5O2. The Hall–Kier alpha value is -3.35. The van der Waals surface area contributed by atoms with Crippen LogP contribution in [-0.2, 0) is 6.54 Å². The van der Waals surface area contributed by atoms with Gasteiger partial charge in [-0.25, -0.2) is 9.78 Å². The van der Waals surface area contributed by atoms with Crippen LogP contribution in [-0.4, -0.2) is 29.5 Å². The van der Waals surface area contributed by atoms with Crippen LogP contribution in [0.1, 0.15) is 17.2 Å². The van der Waals surface area contributed by atoms with Crippen molar-refractivity contribution >= 4 is 17.9 Å². The summed E-state index contributed by atoms with van der Waals surface area (Å²) in [6.07, 6.45) is 7.27. The number of amides is 2. The number of rotatable bonds is 3. The molecule has 4 rings (SSSR count). The predicted octanol–water partition coefficient (Wildman–Crippen LogP) is 2.63. The van der Waals surface area contributed by atoms with E-state index in [1.807, 2.05) is 42.5 Å². The minimum atomic E-state index is -0.238. The first-order valence-electron chi connectivity index (χ1n) is 7.93. The fourth-order valence-electron chi connectivity index (χ4n) is 2.95. The molecule has 0 spiro atoms. The smallest absolute Gasteiger partial charge is 0.342 e. The lowest BCUT2D eigenvalue weighted by atomic mass is 10.1. The van der Waals surface area contributed by atoms with Gasteiger partial charge in [0.1, 0.15) is 6.04 Å². The lowest BCUT2D eigenvalue weighted by molar-refractivity contribution is 0.206. The number of hydrogen-bond donors (Lipinski definition) is 1. The number of aromatic nitrogens is 1. The summed E-state index contributed by atoms with van der Waals surface area (Å²) in [5.41, 5.74) is 2.78. The number of hydrazine groups is 1. The first-order chi connectivity index (χ1) is 12.3. The Balaban J connectivity index is 1.53. The van der Waals surface area contributed by atoms with Crippen LogP contribution < -0.4 is 15.1 Å². The molecule has 0 fully saturated rings. The number of hydrogen-bond acceptors (Lipinski definition) is 5. The number of allylic oxidation sites excluding steroid dienone is 1. The lowest BCUT2D eigenvalue weighted by Gasteiger charge is -2.29. The fourth-order valence-corrected chi connectivity index (χ4v) is 2.95. The van der Waals surface area contributed by atoms with Gasteiger partial charge in [0.15, 0.2) is 0 Å². The van der Waals surface area contributed by atoms with Gasteiger partial charge in [0.2, 0.25) is 5.88 Å². The molecule has 7 heteroatoms. The molecule has 7 nitrogen and oxygen atoms in total. The Bertz CT molecular complexity index is 847. The van der Waals surface area contributed by atoms with E-state index in [4.69, 9.17) is 4.74 Å². The zero-order chi connectivity index (χ0) is 17.2. The molecule has 1 atom stereocenters. The van der Waals surface area contributed by atoms with Crippen LogP contribution in [0.2, 0.25) is 0 Å². The van der Waals surface area contributed by atoms with E-state index in [1.54, 1.807) is 35.7 Å². The summed E-state index contributed by atoms with van der Waals surface area (Å²) in [5, 5.41) is 10.5. The quantitative estimate of drug-likeness (QED) is 0.936. The number of nitrogens with one attached hydrogen (secondary N) is 1. The van der Waals surface area contributed by atoms with E-state index < -0.39 is 0 Å². The number of urea groups is 1. The van der Waals surface area contributed by atoms with Crippen LogP contribution in [0.5, 0.6) is 5.88 Å². The molecule has 1 N–H and O–H groups in total. The fraction of sp³-hybridized carbons (Fsp3) is 0.167. The molecule has 2 aromatic rings. The Morgan fingerprint density at radius 2 is 2.16 bits per heavy atom. The van der Waals surface area contributed by atoms with E-state index in [-0.39, 0.29) is 12.1 Å². The third-order valence-corrected chi connectivity index (χ3v) is 4.14. The Kier molecular flexibility index (Phi) is 3.81. The third-order valence-electron chi connectivity index (χ3n) is 4.14. The normalized spacial score (nSPS) is 17.2. The van der Waals surface area contributed by atoms with Gasteiger partial charge in [-0.2, -0.15) is 15.2 Å². The summed E-state index contributed by atoms with van der Waals surface area (Å²) in [4.78, 5) is 16.9. The number of fused-ring (bicyclic) bond motifs is 3. The summed E-state index contributed by atoms with van der Waals surface area (Å²) in [5.74, 6) is 0.542. The number of hydrazone groups is 1. The second-order valence-corrected chi connectivity index (χ2v) is 5.65. The first-order valence-corrected chi connectivity index (χ1v) is 7.93. The second-order valence-electron chi connectivity index (χ2n) is 5.65. The number of carbonyl (C=O) groups excluding carboxylic acids is 1. The van der Waals surface area contributed by atoms with Gasteiger partial charge in [-0.15, -0.1) is 0 Å². The van der Waals surface area contributed by atoms with Crippen molar-refractivity contribution in [2.24, 2.45) is 5.10 Å². The van der Waals surface area contributed by atoms with E-state index in [0.717, 1.165) is 16.8 Å². The van der Waals surface area contributed by atoms with Gasteiger partial charge < -0.3 is 10.1 Å². The standard InChI is InChI=1S/C18H17N5O2/c1-25-17-9-8-13(11-19-17)12-20-18(24)22-15-6-3-2-5-14(15)16-7-4-10-21-23(16)22/h2-11,16H,12H2,1H3,(H,20,24). The van der Waals surface area contributed by atoms with Crippen LogP contribution >= 0.6 is 0 Å². The van der Waals surface area contributed by atoms with Crippen molar-refractivity contribution < 1.29 is 9.53 Å². The number of nitrogens with zero attached hydrogens (tertiary/aromatic N) is 4. The van der Waals surface area contributed by atoms with Crippen molar-refractivity contribution in [2.45, 2.75) is 12.6 Å². The van der Waals surface area contributed by atoms with Crippen LogP contribution in [0.3, 0.4) is 0 Å². The number of benzene rings is 1. The summed E-state index contributed by atoms with van der Waals surface area (Å²) in [7, 11) is 1.57. The molecule has 0 saturated carbocycles. The van der Waals surface area contributed by atoms with Crippen LogP contribution in [0, 0.1) is 0 Å². The zero-order valence-corrected chi connectivity index (χ0v) is 13.7. The molecule has 0 bridgehead atoms. The molecule has 2 aliphatic rings. The van der Waals surface area contributed by atoms with Gasteiger partial charge in [0.25, 0.3) is 0 Å². The molecule has 0 radical (unpaired) electrons. The van der Waals surface area contributed by atoms with Crippen molar-refractivity contribution in [2.75, 3.05) is 12.1 Å². The zero-order valence-electron chi connectivity index (χ0n) is 13.7. The minimum absolute atomic E-state index is 0.0606. The highest BCUT2D eigenvalue weighted by Gasteiger charge is 2.38. The summed E-state index contributed by atoms with van der Waals surface area (Å²) >= 11 is 0. The lowest BCUT2D eigenvalue weighted by Crippen LogP contribution is -2.46. The first kappa shape index (κ1) is 15.2. The monoisotopic (exact) mass is 335 g/mol. The van der Waals surface area contributed by atoms with Gasteiger partial charge >= 0.3 is 6.03 Å². The molecule has 3 heterocycles. The summed E-state index contributed by atoms with van der Waals surface area (Å²) < 4.78 is 5.04. The van der Waals surface area contributed by atoms with Crippen molar-refractivity contribution in [3.8, 4) is 5.88 Å². The predicted molar refractivity (Wildman–Crippen MR) is 94.2 cm³/mol. The molecule has 0 saturated heterocycles. The SMILES string of the molecule is COc1ccc(CNC(=O)N2c3ccccc3C3C=CC=NN32)cn1. The number of ether oxygens (including phenoxy) is 1. The van der Waals surface area contributed by atoms with Crippen molar-refractivity contribution in [3.63, 3.8) is 0 Å². The van der Waals surface area contributed by atoms with E-state index in [1.165, 1.54) is 0 Å². The van der Waals surface area contributed by atoms with E-state index in [9.17, 15) is 4.79 Å². The largest absolute Gasteiger partial charge is 0.481 e. The third kappa shape index (κ3) is 2.69. The molecular weight excluding hydrogens is 318 g/mol. The highest BCUT2D eigenvalue weighted by atomic mass is 16.5. The molecule has 1 aromatic heterocycles. The average molecular weight is 335 g/mol. The second kappa shape index (κ2) is 6.27. The minimum Gasteiger partial charge on any atom is -0.481 e. The maximum Gasteiger partial charge on any atom is 0.342 e. The molecule has 126 valence electrons. The van der Waals surface area contributed by atoms with Crippen molar-refractivity contribution in [1.29, 1.82) is 0 Å². The molecule has 2 aliphatic heterocycles. The van der Waals surface area contributed by atoms with Crippen LogP contribution in [0.4, 0.5) is 10.5 Å². The van der Waals surface area contributed by atoms with Gasteiger partial charge in [0, 0.05) is 30.6 Å². The maximum absolute atomic E-state index is 12.8. The van der Waals surface area contributed by atoms with Gasteiger partial charge in [-0.05, 0) is 17.7 Å². The Labute approximate surface area is 145 Å². The molecule has 1 aromatic carbocycles. The average Bonchev–Trinajstić information content (AvgIpc) is 3.01. The molecule has 25 heavy (non-hydrogen) atoms. The summed E-state index contributed by atoms with van der Waals surface area (Å²) in [6, 6.07) is 11.2.